The molecule has 4 heteroatoms. The SMILES string of the molecule is CCOc1cc(I)cc2cc(Br)sc12. The topological polar surface area (TPSA) is 9.23 Å². The summed E-state index contributed by atoms with van der Waals surface area (Å²) in [4.78, 5) is 0. The molecule has 0 spiro atoms. The van der Waals surface area contributed by atoms with Gasteiger partial charge in [0.25, 0.3) is 0 Å². The minimum atomic E-state index is 0.713. The fraction of sp³-hybridized carbons (Fsp3) is 0.200. The minimum absolute atomic E-state index is 0.713. The van der Waals surface area contributed by atoms with Crippen LogP contribution in [0.1, 0.15) is 6.92 Å². The highest BCUT2D eigenvalue weighted by Gasteiger charge is 2.07. The molecule has 0 aliphatic rings. The van der Waals surface area contributed by atoms with E-state index in [1.807, 2.05) is 6.92 Å². The van der Waals surface area contributed by atoms with Gasteiger partial charge in [-0.15, -0.1) is 11.3 Å². The Labute approximate surface area is 109 Å². The van der Waals surface area contributed by atoms with Crippen LogP contribution >= 0.6 is 49.9 Å². The average molecular weight is 383 g/mol. The summed E-state index contributed by atoms with van der Waals surface area (Å²) in [5.74, 6) is 0.991. The van der Waals surface area contributed by atoms with Gasteiger partial charge >= 0.3 is 0 Å². The summed E-state index contributed by atoms with van der Waals surface area (Å²) < 4.78 is 9.18. The van der Waals surface area contributed by atoms with E-state index in [1.165, 1.54) is 13.7 Å². The van der Waals surface area contributed by atoms with Gasteiger partial charge in [0.2, 0.25) is 0 Å². The van der Waals surface area contributed by atoms with Crippen LogP contribution in [-0.2, 0) is 0 Å². The van der Waals surface area contributed by atoms with E-state index < -0.39 is 0 Å². The summed E-state index contributed by atoms with van der Waals surface area (Å²) in [6, 6.07) is 6.37. The molecule has 74 valence electrons. The second-order valence-corrected chi connectivity index (χ2v) is 6.48. The molecule has 0 atom stereocenters. The molecular weight excluding hydrogens is 375 g/mol. The van der Waals surface area contributed by atoms with Gasteiger partial charge in [-0.1, -0.05) is 0 Å². The molecule has 14 heavy (non-hydrogen) atoms. The third-order valence-electron chi connectivity index (χ3n) is 1.82. The molecule has 2 rings (SSSR count). The Morgan fingerprint density at radius 2 is 2.21 bits per heavy atom. The Morgan fingerprint density at radius 3 is 2.93 bits per heavy atom. The molecule has 1 heterocycles. The Hall–Kier alpha value is 0.190. The van der Waals surface area contributed by atoms with Crippen LogP contribution in [0.5, 0.6) is 5.75 Å². The van der Waals surface area contributed by atoms with Gasteiger partial charge in [-0.3, -0.25) is 0 Å². The smallest absolute Gasteiger partial charge is 0.138 e. The summed E-state index contributed by atoms with van der Waals surface area (Å²) in [6.45, 7) is 2.72. The first-order chi connectivity index (χ1) is 6.70. The second-order valence-electron chi connectivity index (χ2n) is 2.81. The van der Waals surface area contributed by atoms with E-state index in [0.29, 0.717) is 6.61 Å². The predicted molar refractivity (Wildman–Crippen MR) is 73.4 cm³/mol. The van der Waals surface area contributed by atoms with Crippen molar-refractivity contribution in [1.29, 1.82) is 0 Å². The van der Waals surface area contributed by atoms with Crippen molar-refractivity contribution in [3.05, 3.63) is 25.6 Å². The van der Waals surface area contributed by atoms with Gasteiger partial charge < -0.3 is 4.74 Å². The van der Waals surface area contributed by atoms with E-state index in [9.17, 15) is 0 Å². The van der Waals surface area contributed by atoms with Gasteiger partial charge in [0.1, 0.15) is 5.75 Å². The lowest BCUT2D eigenvalue weighted by molar-refractivity contribution is 0.344. The summed E-state index contributed by atoms with van der Waals surface area (Å²) in [5, 5.41) is 1.25. The van der Waals surface area contributed by atoms with Gasteiger partial charge in [-0.05, 0) is 69.0 Å². The minimum Gasteiger partial charge on any atom is -0.492 e. The van der Waals surface area contributed by atoms with E-state index in [2.05, 4.69) is 56.7 Å². The number of thiophene rings is 1. The predicted octanol–water partition coefficient (Wildman–Crippen LogP) is 4.67. The maximum atomic E-state index is 5.60. The third-order valence-corrected chi connectivity index (χ3v) is 4.11. The first-order valence-corrected chi connectivity index (χ1v) is 6.91. The number of hydrogen-bond acceptors (Lipinski definition) is 2. The molecule has 0 radical (unpaired) electrons. The quantitative estimate of drug-likeness (QED) is 0.686. The maximum Gasteiger partial charge on any atom is 0.138 e. The summed E-state index contributed by atoms with van der Waals surface area (Å²) in [5.41, 5.74) is 0. The fourth-order valence-electron chi connectivity index (χ4n) is 1.32. The molecule has 0 N–H and O–H groups in total. The number of halogens is 2. The molecule has 0 aliphatic carbocycles. The van der Waals surface area contributed by atoms with Crippen molar-refractivity contribution in [3.63, 3.8) is 0 Å². The van der Waals surface area contributed by atoms with E-state index in [-0.39, 0.29) is 0 Å². The van der Waals surface area contributed by atoms with Crippen molar-refractivity contribution in [2.75, 3.05) is 6.61 Å². The van der Waals surface area contributed by atoms with E-state index in [0.717, 1.165) is 9.54 Å². The average Bonchev–Trinajstić information content (AvgIpc) is 2.45. The van der Waals surface area contributed by atoms with Crippen LogP contribution in [0.15, 0.2) is 22.0 Å². The van der Waals surface area contributed by atoms with Crippen LogP contribution < -0.4 is 4.74 Å². The van der Waals surface area contributed by atoms with Crippen LogP contribution in [0.25, 0.3) is 10.1 Å². The molecule has 0 saturated heterocycles. The molecule has 0 fully saturated rings. The van der Waals surface area contributed by atoms with Crippen LogP contribution in [0.3, 0.4) is 0 Å². The van der Waals surface area contributed by atoms with Crippen molar-refractivity contribution >= 4 is 59.9 Å². The number of ether oxygens (including phenoxy) is 1. The largest absolute Gasteiger partial charge is 0.492 e. The van der Waals surface area contributed by atoms with Crippen LogP contribution in [-0.4, -0.2) is 6.61 Å². The highest BCUT2D eigenvalue weighted by Crippen LogP contribution is 2.37. The molecule has 0 saturated carbocycles. The standard InChI is InChI=1S/C10H8BrIOS/c1-2-13-8-5-7(12)3-6-4-9(11)14-10(6)8/h3-5H,2H2,1H3. The zero-order valence-electron chi connectivity index (χ0n) is 7.51. The van der Waals surface area contributed by atoms with E-state index >= 15 is 0 Å². The van der Waals surface area contributed by atoms with Crippen molar-refractivity contribution in [2.45, 2.75) is 6.92 Å². The lowest BCUT2D eigenvalue weighted by atomic mass is 10.2. The van der Waals surface area contributed by atoms with Crippen LogP contribution in [0, 0.1) is 3.57 Å². The van der Waals surface area contributed by atoms with Crippen LogP contribution in [0.2, 0.25) is 0 Å². The molecule has 0 aliphatic heterocycles. The number of hydrogen-bond donors (Lipinski definition) is 0. The normalized spacial score (nSPS) is 10.8. The monoisotopic (exact) mass is 382 g/mol. The summed E-state index contributed by atoms with van der Waals surface area (Å²) in [6.07, 6.45) is 0. The molecular formula is C10H8BrIOS. The first-order valence-electron chi connectivity index (χ1n) is 4.22. The molecule has 0 unspecified atom stereocenters. The molecule has 1 aromatic heterocycles. The Balaban J connectivity index is 2.66. The van der Waals surface area contributed by atoms with Crippen molar-refractivity contribution in [1.82, 2.24) is 0 Å². The lowest BCUT2D eigenvalue weighted by Gasteiger charge is -2.04. The first kappa shape index (κ1) is 10.7. The van der Waals surface area contributed by atoms with Crippen molar-refractivity contribution < 1.29 is 4.74 Å². The highest BCUT2D eigenvalue weighted by molar-refractivity contribution is 14.1. The molecule has 2 aromatic rings. The fourth-order valence-corrected chi connectivity index (χ4v) is 3.50. The van der Waals surface area contributed by atoms with Gasteiger partial charge in [0.05, 0.1) is 15.1 Å². The van der Waals surface area contributed by atoms with Crippen LogP contribution in [0.4, 0.5) is 0 Å². The van der Waals surface area contributed by atoms with Gasteiger partial charge in [0.15, 0.2) is 0 Å². The van der Waals surface area contributed by atoms with E-state index in [4.69, 9.17) is 4.74 Å². The van der Waals surface area contributed by atoms with Gasteiger partial charge in [-0.25, -0.2) is 0 Å². The van der Waals surface area contributed by atoms with Crippen molar-refractivity contribution in [3.8, 4) is 5.75 Å². The van der Waals surface area contributed by atoms with Gasteiger partial charge in [0, 0.05) is 3.57 Å². The molecule has 1 aromatic carbocycles. The lowest BCUT2D eigenvalue weighted by Crippen LogP contribution is -1.91. The third kappa shape index (κ3) is 2.06. The Morgan fingerprint density at radius 1 is 1.43 bits per heavy atom. The second kappa shape index (κ2) is 4.37. The Kier molecular flexibility index (Phi) is 3.34. The number of fused-ring (bicyclic) bond motifs is 1. The maximum absolute atomic E-state index is 5.60. The molecule has 1 nitrogen and oxygen atoms in total. The summed E-state index contributed by atoms with van der Waals surface area (Å²) in [7, 11) is 0. The summed E-state index contributed by atoms with van der Waals surface area (Å²) >= 11 is 7.52. The number of rotatable bonds is 2. The molecule has 0 bridgehead atoms. The van der Waals surface area contributed by atoms with Gasteiger partial charge in [-0.2, -0.15) is 0 Å². The zero-order valence-corrected chi connectivity index (χ0v) is 12.1. The van der Waals surface area contributed by atoms with Crippen molar-refractivity contribution in [2.24, 2.45) is 0 Å². The zero-order chi connectivity index (χ0) is 10.1. The van der Waals surface area contributed by atoms with E-state index in [1.54, 1.807) is 11.3 Å². The highest BCUT2D eigenvalue weighted by atomic mass is 127. The molecule has 0 amide bonds. The Bertz CT molecular complexity index is 466. The number of benzene rings is 1.